The van der Waals surface area contributed by atoms with Crippen molar-refractivity contribution in [3.63, 3.8) is 0 Å². The van der Waals surface area contributed by atoms with Crippen LogP contribution in [-0.4, -0.2) is 42.9 Å². The summed E-state index contributed by atoms with van der Waals surface area (Å²) in [4.78, 5) is 11.9. The Labute approximate surface area is 78.8 Å². The van der Waals surface area contributed by atoms with Gasteiger partial charge in [0.25, 0.3) is 6.47 Å². The van der Waals surface area contributed by atoms with Gasteiger partial charge in [0.2, 0.25) is 0 Å². The maximum atomic E-state index is 9.60. The van der Waals surface area contributed by atoms with E-state index in [2.05, 4.69) is 9.64 Å². The molecule has 13 heavy (non-hydrogen) atoms. The molecule has 2 saturated heterocycles. The summed E-state index contributed by atoms with van der Waals surface area (Å²) in [6.45, 7) is 9.25. The van der Waals surface area contributed by atoms with E-state index in [4.69, 9.17) is 4.74 Å². The molecule has 0 aromatic carbocycles. The number of morpholine rings is 1. The van der Waals surface area contributed by atoms with Crippen LogP contribution >= 0.6 is 0 Å². The van der Waals surface area contributed by atoms with Crippen LogP contribution in [0.1, 0.15) is 20.8 Å². The fraction of sp³-hybridized carbons (Fsp3) is 0.889. The summed E-state index contributed by atoms with van der Waals surface area (Å²) in [5, 5.41) is 0. The topological polar surface area (TPSA) is 38.5 Å². The Morgan fingerprint density at radius 2 is 2.23 bits per heavy atom. The number of hydrogen-bond acceptors (Lipinski definition) is 4. The molecule has 4 heteroatoms. The van der Waals surface area contributed by atoms with Crippen molar-refractivity contribution in [3.05, 3.63) is 0 Å². The van der Waals surface area contributed by atoms with E-state index in [9.17, 15) is 4.79 Å². The lowest BCUT2D eigenvalue weighted by molar-refractivity contribution is -0.138. The summed E-state index contributed by atoms with van der Waals surface area (Å²) in [5.41, 5.74) is -0.318. The minimum atomic E-state index is -0.318. The van der Waals surface area contributed by atoms with Gasteiger partial charge in [0.15, 0.2) is 0 Å². The molecule has 0 aliphatic carbocycles. The maximum Gasteiger partial charge on any atom is 0.293 e. The van der Waals surface area contributed by atoms with E-state index in [1.165, 1.54) is 13.1 Å². The lowest BCUT2D eigenvalue weighted by Gasteiger charge is -2.14. The SMILES string of the molecule is C1CN2CC2O1.CC(C)(C)OC=O. The van der Waals surface area contributed by atoms with Crippen LogP contribution in [0.2, 0.25) is 0 Å². The molecule has 76 valence electrons. The largest absolute Gasteiger partial charge is 0.462 e. The van der Waals surface area contributed by atoms with Gasteiger partial charge in [0, 0.05) is 13.1 Å². The number of rotatable bonds is 1. The normalized spacial score (nSPS) is 29.8. The summed E-state index contributed by atoms with van der Waals surface area (Å²) in [7, 11) is 0. The molecule has 2 aliphatic rings. The quantitative estimate of drug-likeness (QED) is 0.445. The minimum absolute atomic E-state index is 0.318. The van der Waals surface area contributed by atoms with Crippen LogP contribution < -0.4 is 0 Å². The second kappa shape index (κ2) is 4.07. The van der Waals surface area contributed by atoms with Crippen molar-refractivity contribution in [2.75, 3.05) is 19.7 Å². The molecule has 0 N–H and O–H groups in total. The van der Waals surface area contributed by atoms with Crippen molar-refractivity contribution in [3.8, 4) is 0 Å². The highest BCUT2D eigenvalue weighted by molar-refractivity contribution is 5.37. The molecule has 4 nitrogen and oxygen atoms in total. The van der Waals surface area contributed by atoms with E-state index in [-0.39, 0.29) is 5.60 Å². The van der Waals surface area contributed by atoms with Gasteiger partial charge in [0.05, 0.1) is 6.61 Å². The summed E-state index contributed by atoms with van der Waals surface area (Å²) in [5.74, 6) is 0. The number of hydrogen-bond donors (Lipinski definition) is 0. The van der Waals surface area contributed by atoms with Gasteiger partial charge in [-0.3, -0.25) is 9.69 Å². The number of carbonyl (C=O) groups excluding carboxylic acids is 1. The second-order valence-electron chi connectivity index (χ2n) is 4.15. The highest BCUT2D eigenvalue weighted by atomic mass is 16.5. The molecule has 0 bridgehead atoms. The smallest absolute Gasteiger partial charge is 0.293 e. The van der Waals surface area contributed by atoms with Crippen LogP contribution in [0.15, 0.2) is 0 Å². The molecule has 0 amide bonds. The average molecular weight is 187 g/mol. The fourth-order valence-electron chi connectivity index (χ4n) is 0.997. The summed E-state index contributed by atoms with van der Waals surface area (Å²) < 4.78 is 9.70. The third-order valence-corrected chi connectivity index (χ3v) is 1.75. The van der Waals surface area contributed by atoms with E-state index in [0.717, 1.165) is 6.61 Å². The van der Waals surface area contributed by atoms with Crippen LogP contribution in [0.3, 0.4) is 0 Å². The summed E-state index contributed by atoms with van der Waals surface area (Å²) in [6, 6.07) is 0. The van der Waals surface area contributed by atoms with Gasteiger partial charge < -0.3 is 9.47 Å². The molecular weight excluding hydrogens is 170 g/mol. The van der Waals surface area contributed by atoms with E-state index in [0.29, 0.717) is 12.7 Å². The molecule has 0 saturated carbocycles. The van der Waals surface area contributed by atoms with Crippen LogP contribution in [0, 0.1) is 0 Å². The molecule has 0 aromatic heterocycles. The second-order valence-corrected chi connectivity index (χ2v) is 4.15. The Morgan fingerprint density at radius 1 is 1.54 bits per heavy atom. The third-order valence-electron chi connectivity index (χ3n) is 1.75. The zero-order valence-electron chi connectivity index (χ0n) is 8.45. The van der Waals surface area contributed by atoms with Crippen molar-refractivity contribution in [1.29, 1.82) is 0 Å². The number of carbonyl (C=O) groups is 1. The summed E-state index contributed by atoms with van der Waals surface area (Å²) in [6.07, 6.45) is 0.546. The fourth-order valence-corrected chi connectivity index (χ4v) is 0.997. The standard InChI is InChI=1S/C5H10O2.C4H7NO/c1-5(2,3)7-4-6;1-2-6-4-3-5(1)4/h4H,1-3H3;4H,1-3H2. The molecule has 0 radical (unpaired) electrons. The number of nitrogens with zero attached hydrogens (tertiary/aromatic N) is 1. The Bertz CT molecular complexity index is 168. The highest BCUT2D eigenvalue weighted by Gasteiger charge is 2.39. The third kappa shape index (κ3) is 4.24. The first-order valence-electron chi connectivity index (χ1n) is 4.50. The van der Waals surface area contributed by atoms with Crippen molar-refractivity contribution in [2.45, 2.75) is 32.6 Å². The monoisotopic (exact) mass is 187 g/mol. The first kappa shape index (κ1) is 10.5. The zero-order chi connectivity index (χ0) is 9.90. The van der Waals surface area contributed by atoms with E-state index in [1.54, 1.807) is 0 Å². The van der Waals surface area contributed by atoms with E-state index in [1.807, 2.05) is 20.8 Å². The van der Waals surface area contributed by atoms with Crippen LogP contribution in [-0.2, 0) is 14.3 Å². The predicted molar refractivity (Wildman–Crippen MR) is 48.2 cm³/mol. The molecule has 2 atom stereocenters. The molecule has 2 heterocycles. The van der Waals surface area contributed by atoms with Gasteiger partial charge >= 0.3 is 0 Å². The average Bonchev–Trinajstić information content (AvgIpc) is 2.58. The van der Waals surface area contributed by atoms with Gasteiger partial charge in [-0.2, -0.15) is 0 Å². The minimum Gasteiger partial charge on any atom is -0.462 e. The first-order chi connectivity index (χ1) is 6.03. The van der Waals surface area contributed by atoms with E-state index < -0.39 is 0 Å². The molecule has 0 aromatic rings. The lowest BCUT2D eigenvalue weighted by atomic mass is 10.2. The van der Waals surface area contributed by atoms with Crippen LogP contribution in [0.4, 0.5) is 0 Å². The molecule has 0 spiro atoms. The Hall–Kier alpha value is -0.610. The molecular formula is C9H17NO3. The van der Waals surface area contributed by atoms with Crippen LogP contribution in [0.25, 0.3) is 0 Å². The highest BCUT2D eigenvalue weighted by Crippen LogP contribution is 2.22. The van der Waals surface area contributed by atoms with Crippen molar-refractivity contribution in [1.82, 2.24) is 4.90 Å². The Kier molecular flexibility index (Phi) is 3.27. The number of ether oxygens (including phenoxy) is 2. The lowest BCUT2D eigenvalue weighted by Crippen LogP contribution is -2.17. The van der Waals surface area contributed by atoms with Gasteiger partial charge in [-0.15, -0.1) is 0 Å². The summed E-state index contributed by atoms with van der Waals surface area (Å²) >= 11 is 0. The van der Waals surface area contributed by atoms with Gasteiger partial charge in [-0.1, -0.05) is 0 Å². The van der Waals surface area contributed by atoms with Crippen molar-refractivity contribution < 1.29 is 14.3 Å². The van der Waals surface area contributed by atoms with Gasteiger partial charge in [0.1, 0.15) is 11.8 Å². The Balaban J connectivity index is 0.000000130. The van der Waals surface area contributed by atoms with Crippen molar-refractivity contribution >= 4 is 6.47 Å². The van der Waals surface area contributed by atoms with Crippen LogP contribution in [0.5, 0.6) is 0 Å². The van der Waals surface area contributed by atoms with Crippen molar-refractivity contribution in [2.24, 2.45) is 0 Å². The molecule has 2 rings (SSSR count). The maximum absolute atomic E-state index is 9.60. The first-order valence-corrected chi connectivity index (χ1v) is 4.50. The Morgan fingerprint density at radius 3 is 2.31 bits per heavy atom. The van der Waals surface area contributed by atoms with Gasteiger partial charge in [-0.05, 0) is 20.8 Å². The number of fused-ring (bicyclic) bond motifs is 1. The molecule has 2 aliphatic heterocycles. The predicted octanol–water partition coefficient (Wildman–Crippen LogP) is 0.616. The molecule has 2 fully saturated rings. The zero-order valence-corrected chi connectivity index (χ0v) is 8.45. The molecule has 2 unspecified atom stereocenters. The van der Waals surface area contributed by atoms with Gasteiger partial charge in [-0.25, -0.2) is 0 Å². The van der Waals surface area contributed by atoms with E-state index >= 15 is 0 Å².